The fraction of sp³-hybridized carbons (Fsp3) is 0.667. The summed E-state index contributed by atoms with van der Waals surface area (Å²) in [7, 11) is 0. The molecule has 0 bridgehead atoms. The van der Waals surface area contributed by atoms with Gasteiger partial charge in [-0.3, -0.25) is 4.90 Å². The van der Waals surface area contributed by atoms with Crippen LogP contribution in [-0.4, -0.2) is 30.1 Å². The minimum absolute atomic E-state index is 0.511. The second kappa shape index (κ2) is 7.13. The highest BCUT2D eigenvalue weighted by Gasteiger charge is 2.35. The van der Waals surface area contributed by atoms with Crippen LogP contribution in [-0.2, 0) is 0 Å². The van der Waals surface area contributed by atoms with Crippen LogP contribution in [0.25, 0.3) is 0 Å². The summed E-state index contributed by atoms with van der Waals surface area (Å²) in [5.41, 5.74) is 1.38. The summed E-state index contributed by atoms with van der Waals surface area (Å²) in [6, 6.07) is 10.4. The van der Waals surface area contributed by atoms with Gasteiger partial charge in [0.25, 0.3) is 0 Å². The van der Waals surface area contributed by atoms with E-state index >= 15 is 0 Å². The lowest BCUT2D eigenvalue weighted by atomic mass is 9.90. The minimum Gasteiger partial charge on any atom is -0.312 e. The van der Waals surface area contributed by atoms with E-state index in [1.54, 1.807) is 0 Å². The first-order valence-electron chi connectivity index (χ1n) is 8.54. The quantitative estimate of drug-likeness (QED) is 0.887. The maximum atomic E-state index is 6.22. The van der Waals surface area contributed by atoms with Gasteiger partial charge in [0.1, 0.15) is 0 Å². The summed E-state index contributed by atoms with van der Waals surface area (Å²) in [5, 5.41) is 4.59. The summed E-state index contributed by atoms with van der Waals surface area (Å²) >= 11 is 6.22. The molecule has 116 valence electrons. The van der Waals surface area contributed by atoms with Gasteiger partial charge in [0.15, 0.2) is 0 Å². The highest BCUT2D eigenvalue weighted by atomic mass is 35.5. The number of likely N-dealkylation sites (tertiary alicyclic amines) is 1. The lowest BCUT2D eigenvalue weighted by molar-refractivity contribution is 0.0702. The van der Waals surface area contributed by atoms with Crippen LogP contribution in [0.2, 0.25) is 5.02 Å². The van der Waals surface area contributed by atoms with Gasteiger partial charge in [-0.15, -0.1) is 0 Å². The lowest BCUT2D eigenvalue weighted by Gasteiger charge is -2.44. The fourth-order valence-corrected chi connectivity index (χ4v) is 4.41. The van der Waals surface area contributed by atoms with E-state index in [1.165, 1.54) is 50.8 Å². The molecule has 0 saturated carbocycles. The van der Waals surface area contributed by atoms with Gasteiger partial charge < -0.3 is 5.32 Å². The van der Waals surface area contributed by atoms with Crippen molar-refractivity contribution in [3.63, 3.8) is 0 Å². The Morgan fingerprint density at radius 2 is 2.19 bits per heavy atom. The van der Waals surface area contributed by atoms with Crippen LogP contribution in [0.15, 0.2) is 24.3 Å². The van der Waals surface area contributed by atoms with E-state index in [4.69, 9.17) is 11.6 Å². The lowest BCUT2D eigenvalue weighted by Crippen LogP contribution is -2.51. The van der Waals surface area contributed by atoms with Crippen molar-refractivity contribution in [3.8, 4) is 0 Å². The molecule has 2 fully saturated rings. The van der Waals surface area contributed by atoms with Crippen LogP contribution < -0.4 is 5.32 Å². The number of nitrogens with one attached hydrogen (secondary N) is 1. The van der Waals surface area contributed by atoms with Crippen LogP contribution >= 0.6 is 11.6 Å². The molecule has 3 unspecified atom stereocenters. The molecular weight excluding hydrogens is 280 g/mol. The van der Waals surface area contributed by atoms with Crippen LogP contribution in [0.5, 0.6) is 0 Å². The molecule has 1 N–H and O–H groups in total. The van der Waals surface area contributed by atoms with Gasteiger partial charge >= 0.3 is 0 Å². The Balaban J connectivity index is 1.82. The topological polar surface area (TPSA) is 15.3 Å². The zero-order valence-electron chi connectivity index (χ0n) is 13.0. The molecule has 2 heterocycles. The summed E-state index contributed by atoms with van der Waals surface area (Å²) in [4.78, 5) is 2.76. The van der Waals surface area contributed by atoms with Crippen LogP contribution in [0, 0.1) is 0 Å². The SMILES string of the molecule is CCC(c1cccc(Cl)c1)N1CCCCC1C1CCCN1. The van der Waals surface area contributed by atoms with E-state index in [0.717, 1.165) is 11.4 Å². The van der Waals surface area contributed by atoms with E-state index in [0.29, 0.717) is 18.1 Å². The Labute approximate surface area is 133 Å². The molecule has 0 radical (unpaired) electrons. The van der Waals surface area contributed by atoms with Crippen LogP contribution in [0.1, 0.15) is 57.1 Å². The predicted molar refractivity (Wildman–Crippen MR) is 89.9 cm³/mol. The second-order valence-electron chi connectivity index (χ2n) is 6.48. The van der Waals surface area contributed by atoms with Gasteiger partial charge in [0.2, 0.25) is 0 Å². The van der Waals surface area contributed by atoms with E-state index in [1.807, 2.05) is 6.07 Å². The average Bonchev–Trinajstić information content (AvgIpc) is 3.03. The molecule has 21 heavy (non-hydrogen) atoms. The molecule has 0 amide bonds. The highest BCUT2D eigenvalue weighted by Crippen LogP contribution is 2.34. The minimum atomic E-state index is 0.511. The number of piperidine rings is 1. The third-order valence-corrected chi connectivity index (χ3v) is 5.41. The normalized spacial score (nSPS) is 28.7. The molecule has 2 aliphatic heterocycles. The maximum Gasteiger partial charge on any atom is 0.0409 e. The first-order chi connectivity index (χ1) is 10.3. The van der Waals surface area contributed by atoms with Gasteiger partial charge in [-0.2, -0.15) is 0 Å². The fourth-order valence-electron chi connectivity index (χ4n) is 4.21. The number of rotatable bonds is 4. The monoisotopic (exact) mass is 306 g/mol. The summed E-state index contributed by atoms with van der Waals surface area (Å²) in [6.45, 7) is 4.73. The molecule has 0 aromatic heterocycles. The molecule has 2 saturated heterocycles. The van der Waals surface area contributed by atoms with Crippen molar-refractivity contribution >= 4 is 11.6 Å². The van der Waals surface area contributed by atoms with Crippen molar-refractivity contribution in [3.05, 3.63) is 34.9 Å². The van der Waals surface area contributed by atoms with Gasteiger partial charge in [0, 0.05) is 23.1 Å². The van der Waals surface area contributed by atoms with E-state index < -0.39 is 0 Å². The summed E-state index contributed by atoms with van der Waals surface area (Å²) in [5.74, 6) is 0. The molecule has 1 aromatic carbocycles. The number of benzene rings is 1. The Bertz CT molecular complexity index is 456. The molecule has 2 aliphatic rings. The van der Waals surface area contributed by atoms with Gasteiger partial charge in [-0.1, -0.05) is 37.1 Å². The molecule has 3 atom stereocenters. The van der Waals surface area contributed by atoms with Gasteiger partial charge in [-0.05, 0) is 62.9 Å². The molecular formula is C18H27ClN2. The third kappa shape index (κ3) is 3.44. The van der Waals surface area contributed by atoms with E-state index in [-0.39, 0.29) is 0 Å². The Morgan fingerprint density at radius 1 is 1.29 bits per heavy atom. The van der Waals surface area contributed by atoms with Crippen molar-refractivity contribution in [2.75, 3.05) is 13.1 Å². The van der Waals surface area contributed by atoms with Crippen molar-refractivity contribution in [1.82, 2.24) is 10.2 Å². The second-order valence-corrected chi connectivity index (χ2v) is 6.92. The van der Waals surface area contributed by atoms with Crippen molar-refractivity contribution in [1.29, 1.82) is 0 Å². The molecule has 0 spiro atoms. The molecule has 3 heteroatoms. The molecule has 2 nitrogen and oxygen atoms in total. The molecule has 1 aromatic rings. The first-order valence-corrected chi connectivity index (χ1v) is 8.92. The van der Waals surface area contributed by atoms with Gasteiger partial charge in [0.05, 0.1) is 0 Å². The smallest absolute Gasteiger partial charge is 0.0409 e. The zero-order chi connectivity index (χ0) is 14.7. The van der Waals surface area contributed by atoms with Gasteiger partial charge in [-0.25, -0.2) is 0 Å². The molecule has 3 rings (SSSR count). The predicted octanol–water partition coefficient (Wildman–Crippen LogP) is 4.40. The number of hydrogen-bond donors (Lipinski definition) is 1. The highest BCUT2D eigenvalue weighted by molar-refractivity contribution is 6.30. The van der Waals surface area contributed by atoms with Crippen molar-refractivity contribution in [2.45, 2.75) is 63.6 Å². The zero-order valence-corrected chi connectivity index (χ0v) is 13.8. The third-order valence-electron chi connectivity index (χ3n) is 5.18. The van der Waals surface area contributed by atoms with Crippen LogP contribution in [0.4, 0.5) is 0 Å². The van der Waals surface area contributed by atoms with Crippen molar-refractivity contribution in [2.24, 2.45) is 0 Å². The Hall–Kier alpha value is -0.570. The maximum absolute atomic E-state index is 6.22. The Morgan fingerprint density at radius 3 is 2.90 bits per heavy atom. The standard InChI is InChI=1S/C18H27ClN2/c1-2-17(14-7-5-8-15(19)13-14)21-12-4-3-10-18(21)16-9-6-11-20-16/h5,7-8,13,16-18,20H,2-4,6,9-12H2,1H3. The average molecular weight is 307 g/mol. The van der Waals surface area contributed by atoms with E-state index in [2.05, 4.69) is 35.3 Å². The largest absolute Gasteiger partial charge is 0.312 e. The first kappa shape index (κ1) is 15.3. The van der Waals surface area contributed by atoms with Crippen molar-refractivity contribution < 1.29 is 0 Å². The number of halogens is 1. The summed E-state index contributed by atoms with van der Waals surface area (Å²) in [6.07, 6.45) is 7.89. The van der Waals surface area contributed by atoms with E-state index in [9.17, 15) is 0 Å². The number of hydrogen-bond acceptors (Lipinski definition) is 2. The van der Waals surface area contributed by atoms with Crippen LogP contribution in [0.3, 0.4) is 0 Å². The number of nitrogens with zero attached hydrogens (tertiary/aromatic N) is 1. The summed E-state index contributed by atoms with van der Waals surface area (Å²) < 4.78 is 0. The molecule has 0 aliphatic carbocycles. The Kier molecular flexibility index (Phi) is 5.20.